The Morgan fingerprint density at radius 2 is 1.39 bits per heavy atom. The van der Waals surface area contributed by atoms with Crippen LogP contribution in [-0.2, 0) is 14.3 Å². The normalized spacial score (nSPS) is 17.7. The number of halogens is 6. The molecule has 0 aromatic carbocycles. The number of hydrogen-bond donors (Lipinski definition) is 1. The summed E-state index contributed by atoms with van der Waals surface area (Å²) >= 11 is 0. The van der Waals surface area contributed by atoms with Gasteiger partial charge in [0.1, 0.15) is 22.5 Å². The van der Waals surface area contributed by atoms with Gasteiger partial charge in [-0.2, -0.15) is 26.3 Å². The van der Waals surface area contributed by atoms with Crippen LogP contribution in [0.4, 0.5) is 26.3 Å². The molecule has 0 aliphatic heterocycles. The number of ketones is 2. The molecule has 0 saturated carbocycles. The summed E-state index contributed by atoms with van der Waals surface area (Å²) in [5.41, 5.74) is -6.56. The van der Waals surface area contributed by atoms with E-state index in [1.807, 2.05) is 0 Å². The van der Waals surface area contributed by atoms with Gasteiger partial charge in [0.15, 0.2) is 5.76 Å². The number of aliphatic hydroxyl groups excluding tert-OH is 1. The van der Waals surface area contributed by atoms with Gasteiger partial charge in [0.2, 0.25) is 5.78 Å². The summed E-state index contributed by atoms with van der Waals surface area (Å²) in [5.74, 6) is -8.60. The summed E-state index contributed by atoms with van der Waals surface area (Å²) in [5, 5.41) is 9.33. The maximum atomic E-state index is 13.0. The Labute approximate surface area is 125 Å². The highest BCUT2D eigenvalue weighted by molar-refractivity contribution is 6.50. The summed E-state index contributed by atoms with van der Waals surface area (Å²) in [6, 6.07) is 0. The van der Waals surface area contributed by atoms with Gasteiger partial charge in [-0.15, -0.1) is 0 Å². The molecule has 0 amide bonds. The van der Waals surface area contributed by atoms with Crippen molar-refractivity contribution in [2.75, 3.05) is 0 Å². The molecule has 1 rings (SSSR count). The van der Waals surface area contributed by atoms with E-state index in [4.69, 9.17) is 4.74 Å². The highest BCUT2D eigenvalue weighted by Crippen LogP contribution is 2.43. The minimum absolute atomic E-state index is 0.964. The Balaban J connectivity index is 3.77. The quantitative estimate of drug-likeness (QED) is 0.369. The van der Waals surface area contributed by atoms with Crippen LogP contribution in [0.25, 0.3) is 0 Å². The van der Waals surface area contributed by atoms with E-state index < -0.39 is 52.2 Å². The average molecular weight is 344 g/mol. The number of allylic oxidation sites excluding steroid dienone is 3. The van der Waals surface area contributed by atoms with Crippen LogP contribution in [0.5, 0.6) is 0 Å². The fourth-order valence-corrected chi connectivity index (χ4v) is 1.60. The number of aliphatic hydroxyl groups is 1. The highest BCUT2D eigenvalue weighted by atomic mass is 19.4. The fourth-order valence-electron chi connectivity index (χ4n) is 1.60. The highest BCUT2D eigenvalue weighted by Gasteiger charge is 2.55. The third kappa shape index (κ3) is 3.57. The standard InChI is InChI=1S/C13H10F6O4/c1-4-11(2,3)23-10-6(13(17,18)19)7(20)5(12(14,15)16)8(21)9(10)22/h4,20H,1H2,2-3H3. The summed E-state index contributed by atoms with van der Waals surface area (Å²) in [7, 11) is 0. The topological polar surface area (TPSA) is 63.6 Å². The third-order valence-electron chi connectivity index (χ3n) is 2.76. The largest absolute Gasteiger partial charge is 0.506 e. The molecule has 0 aromatic rings. The lowest BCUT2D eigenvalue weighted by atomic mass is 9.92. The minimum atomic E-state index is -5.65. The number of rotatable bonds is 3. The summed E-state index contributed by atoms with van der Waals surface area (Å²) < 4.78 is 81.7. The molecular weight excluding hydrogens is 334 g/mol. The van der Waals surface area contributed by atoms with Crippen LogP contribution >= 0.6 is 0 Å². The van der Waals surface area contributed by atoms with Crippen LogP contribution in [-0.4, -0.2) is 34.6 Å². The van der Waals surface area contributed by atoms with Crippen molar-refractivity contribution >= 4 is 11.6 Å². The zero-order chi connectivity index (χ0) is 18.4. The van der Waals surface area contributed by atoms with Gasteiger partial charge >= 0.3 is 12.4 Å². The minimum Gasteiger partial charge on any atom is -0.506 e. The molecule has 0 atom stereocenters. The number of carbonyl (C=O) groups excluding carboxylic acids is 2. The molecule has 10 heteroatoms. The molecule has 1 N–H and O–H groups in total. The average Bonchev–Trinajstić information content (AvgIpc) is 2.32. The Kier molecular flexibility index (Phi) is 4.43. The van der Waals surface area contributed by atoms with Gasteiger partial charge in [-0.05, 0) is 19.9 Å². The first kappa shape index (κ1) is 18.8. The zero-order valence-corrected chi connectivity index (χ0v) is 11.7. The molecule has 0 unspecified atom stereocenters. The van der Waals surface area contributed by atoms with Crippen molar-refractivity contribution in [3.8, 4) is 0 Å². The zero-order valence-electron chi connectivity index (χ0n) is 11.7. The lowest BCUT2D eigenvalue weighted by molar-refractivity contribution is -0.146. The Morgan fingerprint density at radius 1 is 0.957 bits per heavy atom. The van der Waals surface area contributed by atoms with Gasteiger partial charge in [-0.25, -0.2) is 0 Å². The predicted molar refractivity (Wildman–Crippen MR) is 64.2 cm³/mol. The first-order chi connectivity index (χ1) is 10.1. The molecule has 23 heavy (non-hydrogen) atoms. The second-order valence-electron chi connectivity index (χ2n) is 4.99. The molecule has 1 aliphatic rings. The molecule has 0 aromatic heterocycles. The molecule has 4 nitrogen and oxygen atoms in total. The first-order valence-corrected chi connectivity index (χ1v) is 5.87. The van der Waals surface area contributed by atoms with Gasteiger partial charge in [-0.3, -0.25) is 9.59 Å². The molecule has 0 radical (unpaired) electrons. The molecular formula is C13H10F6O4. The maximum Gasteiger partial charge on any atom is 0.423 e. The molecule has 1 aliphatic carbocycles. The molecule has 0 saturated heterocycles. The SMILES string of the molecule is C=CC(C)(C)OC1=C(C(F)(F)F)C(O)=C(C(F)(F)F)C(=O)C1=O. The van der Waals surface area contributed by atoms with E-state index in [2.05, 4.69) is 6.58 Å². The van der Waals surface area contributed by atoms with Crippen molar-refractivity contribution in [3.63, 3.8) is 0 Å². The molecule has 0 heterocycles. The van der Waals surface area contributed by atoms with Gasteiger partial charge < -0.3 is 9.84 Å². The van der Waals surface area contributed by atoms with Gasteiger partial charge in [-0.1, -0.05) is 6.58 Å². The van der Waals surface area contributed by atoms with E-state index in [1.54, 1.807) is 0 Å². The van der Waals surface area contributed by atoms with Gasteiger partial charge in [0, 0.05) is 0 Å². The summed E-state index contributed by atoms with van der Waals surface area (Å²) in [6.45, 7) is 5.53. The van der Waals surface area contributed by atoms with Crippen molar-refractivity contribution in [1.82, 2.24) is 0 Å². The maximum absolute atomic E-state index is 13.0. The molecule has 0 fully saturated rings. The third-order valence-corrected chi connectivity index (χ3v) is 2.76. The van der Waals surface area contributed by atoms with E-state index in [1.165, 1.54) is 0 Å². The predicted octanol–water partition coefficient (Wildman–Crippen LogP) is 3.31. The van der Waals surface area contributed by atoms with Crippen molar-refractivity contribution in [2.45, 2.75) is 31.8 Å². The van der Waals surface area contributed by atoms with Crippen LogP contribution in [0.1, 0.15) is 13.8 Å². The summed E-state index contributed by atoms with van der Waals surface area (Å²) in [6.07, 6.45) is -10.2. The lowest BCUT2D eigenvalue weighted by Gasteiger charge is -2.29. The second-order valence-corrected chi connectivity index (χ2v) is 4.99. The lowest BCUT2D eigenvalue weighted by Crippen LogP contribution is -2.39. The monoisotopic (exact) mass is 344 g/mol. The number of alkyl halides is 6. The smallest absolute Gasteiger partial charge is 0.423 e. The Morgan fingerprint density at radius 3 is 1.74 bits per heavy atom. The van der Waals surface area contributed by atoms with Crippen molar-refractivity contribution in [1.29, 1.82) is 0 Å². The van der Waals surface area contributed by atoms with Crippen LogP contribution in [0.2, 0.25) is 0 Å². The van der Waals surface area contributed by atoms with E-state index in [9.17, 15) is 41.0 Å². The summed E-state index contributed by atoms with van der Waals surface area (Å²) in [4.78, 5) is 23.1. The number of carbonyl (C=O) groups is 2. The van der Waals surface area contributed by atoms with Crippen molar-refractivity contribution in [2.24, 2.45) is 0 Å². The Bertz CT molecular complexity index is 634. The molecule has 0 bridgehead atoms. The van der Waals surface area contributed by atoms with E-state index in [0.717, 1.165) is 19.9 Å². The fraction of sp³-hybridized carbons (Fsp3) is 0.385. The van der Waals surface area contributed by atoms with Crippen molar-refractivity contribution < 1.29 is 45.8 Å². The second kappa shape index (κ2) is 5.43. The van der Waals surface area contributed by atoms with Crippen LogP contribution in [0.15, 0.2) is 35.3 Å². The van der Waals surface area contributed by atoms with Crippen LogP contribution in [0, 0.1) is 0 Å². The van der Waals surface area contributed by atoms with E-state index >= 15 is 0 Å². The van der Waals surface area contributed by atoms with Crippen LogP contribution < -0.4 is 0 Å². The van der Waals surface area contributed by atoms with Gasteiger partial charge in [0.05, 0.1) is 0 Å². The van der Waals surface area contributed by atoms with Crippen LogP contribution in [0.3, 0.4) is 0 Å². The number of hydrogen-bond acceptors (Lipinski definition) is 4. The number of ether oxygens (including phenoxy) is 1. The molecule has 0 spiro atoms. The van der Waals surface area contributed by atoms with E-state index in [0.29, 0.717) is 0 Å². The van der Waals surface area contributed by atoms with Crippen molar-refractivity contribution in [3.05, 3.63) is 35.3 Å². The van der Waals surface area contributed by atoms with E-state index in [-0.39, 0.29) is 0 Å². The van der Waals surface area contributed by atoms with Gasteiger partial charge in [0.25, 0.3) is 5.78 Å². The molecule has 128 valence electrons. The first-order valence-electron chi connectivity index (χ1n) is 5.87. The number of Topliss-reactive ketones (excluding diaryl/α,β-unsaturated/α-hetero) is 2. The Hall–Kier alpha value is -2.26.